The van der Waals surface area contributed by atoms with Crippen molar-refractivity contribution in [2.75, 3.05) is 18.5 Å². The summed E-state index contributed by atoms with van der Waals surface area (Å²) in [7, 11) is 2.22. The molecule has 2 rings (SSSR count). The smallest absolute Gasteiger partial charge is 0.129 e. The van der Waals surface area contributed by atoms with E-state index in [0.717, 1.165) is 18.9 Å². The van der Waals surface area contributed by atoms with E-state index >= 15 is 0 Å². The highest BCUT2D eigenvalue weighted by atomic mass is 15.2. The fourth-order valence-corrected chi connectivity index (χ4v) is 3.10. The van der Waals surface area contributed by atoms with Crippen molar-refractivity contribution in [3.05, 3.63) is 23.4 Å². The van der Waals surface area contributed by atoms with E-state index in [1.807, 2.05) is 0 Å². The second-order valence-corrected chi connectivity index (χ2v) is 6.60. The van der Waals surface area contributed by atoms with E-state index in [4.69, 9.17) is 4.98 Å². The number of rotatable bonds is 6. The maximum atomic E-state index is 4.91. The van der Waals surface area contributed by atoms with Crippen LogP contribution in [0.15, 0.2) is 12.1 Å². The minimum Gasteiger partial charge on any atom is -0.357 e. The highest BCUT2D eigenvalue weighted by molar-refractivity contribution is 5.43. The molecule has 0 bridgehead atoms. The first-order valence-electron chi connectivity index (χ1n) is 8.56. The molecule has 1 aliphatic rings. The third kappa shape index (κ3) is 4.44. The second-order valence-electron chi connectivity index (χ2n) is 6.60. The molecular formula is C18H31N3. The molecule has 1 heterocycles. The van der Waals surface area contributed by atoms with Crippen LogP contribution in [0.4, 0.5) is 5.82 Å². The molecule has 1 N–H and O–H groups in total. The van der Waals surface area contributed by atoms with E-state index < -0.39 is 0 Å². The maximum absolute atomic E-state index is 4.91. The van der Waals surface area contributed by atoms with Crippen LogP contribution in [-0.2, 0) is 6.54 Å². The highest BCUT2D eigenvalue weighted by Gasteiger charge is 2.20. The van der Waals surface area contributed by atoms with Gasteiger partial charge in [-0.3, -0.25) is 0 Å². The van der Waals surface area contributed by atoms with Crippen LogP contribution < -0.4 is 10.2 Å². The lowest BCUT2D eigenvalue weighted by molar-refractivity contribution is 0.425. The van der Waals surface area contributed by atoms with Crippen LogP contribution in [0.5, 0.6) is 0 Å². The number of pyridine rings is 1. The van der Waals surface area contributed by atoms with Crippen molar-refractivity contribution >= 4 is 5.82 Å². The summed E-state index contributed by atoms with van der Waals surface area (Å²) in [6.07, 6.45) is 6.75. The monoisotopic (exact) mass is 289 g/mol. The lowest BCUT2D eigenvalue weighted by Crippen LogP contribution is -2.34. The summed E-state index contributed by atoms with van der Waals surface area (Å²) < 4.78 is 0. The summed E-state index contributed by atoms with van der Waals surface area (Å²) in [5, 5.41) is 3.43. The van der Waals surface area contributed by atoms with Crippen molar-refractivity contribution in [3.63, 3.8) is 0 Å². The average Bonchev–Trinajstić information content (AvgIpc) is 2.52. The van der Waals surface area contributed by atoms with Gasteiger partial charge in [0.25, 0.3) is 0 Å². The van der Waals surface area contributed by atoms with Crippen molar-refractivity contribution < 1.29 is 0 Å². The topological polar surface area (TPSA) is 28.2 Å². The van der Waals surface area contributed by atoms with Gasteiger partial charge in [-0.05, 0) is 43.0 Å². The summed E-state index contributed by atoms with van der Waals surface area (Å²) in [5.74, 6) is 1.63. The Labute approximate surface area is 130 Å². The average molecular weight is 289 g/mol. The molecule has 1 aliphatic carbocycles. The predicted molar refractivity (Wildman–Crippen MR) is 91.0 cm³/mol. The first-order valence-corrected chi connectivity index (χ1v) is 8.56. The van der Waals surface area contributed by atoms with Crippen molar-refractivity contribution in [1.82, 2.24) is 10.3 Å². The van der Waals surface area contributed by atoms with Gasteiger partial charge in [0.15, 0.2) is 0 Å². The van der Waals surface area contributed by atoms with Gasteiger partial charge in [0, 0.05) is 25.3 Å². The minimum absolute atomic E-state index is 0.477. The van der Waals surface area contributed by atoms with Crippen molar-refractivity contribution in [1.29, 1.82) is 0 Å². The lowest BCUT2D eigenvalue weighted by atomic mass is 9.94. The van der Waals surface area contributed by atoms with Gasteiger partial charge in [-0.25, -0.2) is 4.98 Å². The first kappa shape index (κ1) is 16.3. The van der Waals surface area contributed by atoms with Gasteiger partial charge in [-0.2, -0.15) is 0 Å². The zero-order chi connectivity index (χ0) is 15.2. The number of anilines is 1. The molecule has 1 fully saturated rings. The van der Waals surface area contributed by atoms with Crippen LogP contribution in [0.25, 0.3) is 0 Å². The quantitative estimate of drug-likeness (QED) is 0.855. The van der Waals surface area contributed by atoms with E-state index in [1.54, 1.807) is 0 Å². The van der Waals surface area contributed by atoms with Crippen LogP contribution in [0.3, 0.4) is 0 Å². The van der Waals surface area contributed by atoms with E-state index in [9.17, 15) is 0 Å². The summed E-state index contributed by atoms with van der Waals surface area (Å²) in [4.78, 5) is 7.33. The molecule has 1 aromatic rings. The third-order valence-electron chi connectivity index (χ3n) is 4.55. The van der Waals surface area contributed by atoms with E-state index in [0.29, 0.717) is 12.0 Å². The standard InChI is InChI=1S/C18H31N3/c1-5-19-13-15-11-17(14(2)3)20-18(12-15)21(4)16-9-7-6-8-10-16/h11-12,14,16,19H,5-10,13H2,1-4H3. The molecule has 0 aromatic carbocycles. The second kappa shape index (κ2) is 7.79. The van der Waals surface area contributed by atoms with Gasteiger partial charge in [-0.15, -0.1) is 0 Å². The molecule has 0 saturated heterocycles. The summed E-state index contributed by atoms with van der Waals surface area (Å²) in [6, 6.07) is 5.19. The van der Waals surface area contributed by atoms with Gasteiger partial charge >= 0.3 is 0 Å². The van der Waals surface area contributed by atoms with Crippen molar-refractivity contribution in [2.24, 2.45) is 0 Å². The fraction of sp³-hybridized carbons (Fsp3) is 0.722. The Bertz CT molecular complexity index is 436. The zero-order valence-electron chi connectivity index (χ0n) is 14.2. The Morgan fingerprint density at radius 1 is 1.24 bits per heavy atom. The Morgan fingerprint density at radius 2 is 1.95 bits per heavy atom. The molecule has 1 saturated carbocycles. The van der Waals surface area contributed by atoms with Crippen LogP contribution in [0, 0.1) is 0 Å². The van der Waals surface area contributed by atoms with E-state index in [2.05, 4.69) is 50.2 Å². The lowest BCUT2D eigenvalue weighted by Gasteiger charge is -2.32. The molecule has 0 unspecified atom stereocenters. The van der Waals surface area contributed by atoms with Gasteiger partial charge in [0.1, 0.15) is 5.82 Å². The molecule has 0 spiro atoms. The summed E-state index contributed by atoms with van der Waals surface area (Å²) in [6.45, 7) is 8.55. The number of hydrogen-bond acceptors (Lipinski definition) is 3. The van der Waals surface area contributed by atoms with E-state index in [-0.39, 0.29) is 0 Å². The predicted octanol–water partition coefficient (Wildman–Crippen LogP) is 4.08. The van der Waals surface area contributed by atoms with Gasteiger partial charge in [0.05, 0.1) is 0 Å². The molecule has 3 heteroatoms. The Balaban J connectivity index is 2.21. The number of hydrogen-bond donors (Lipinski definition) is 1. The Morgan fingerprint density at radius 3 is 2.57 bits per heavy atom. The molecule has 1 aromatic heterocycles. The maximum Gasteiger partial charge on any atom is 0.129 e. The normalized spacial score (nSPS) is 16.4. The van der Waals surface area contributed by atoms with Gasteiger partial charge < -0.3 is 10.2 Å². The first-order chi connectivity index (χ1) is 10.1. The molecular weight excluding hydrogens is 258 g/mol. The van der Waals surface area contributed by atoms with E-state index in [1.165, 1.54) is 43.4 Å². The summed E-state index contributed by atoms with van der Waals surface area (Å²) >= 11 is 0. The molecule has 0 atom stereocenters. The van der Waals surface area contributed by atoms with Crippen molar-refractivity contribution in [2.45, 2.75) is 71.4 Å². The molecule has 0 aliphatic heterocycles. The third-order valence-corrected chi connectivity index (χ3v) is 4.55. The fourth-order valence-electron chi connectivity index (χ4n) is 3.10. The Hall–Kier alpha value is -1.09. The largest absolute Gasteiger partial charge is 0.357 e. The SMILES string of the molecule is CCNCc1cc(C(C)C)nc(N(C)C2CCCCC2)c1. The number of aromatic nitrogens is 1. The van der Waals surface area contributed by atoms with Gasteiger partial charge in [-0.1, -0.05) is 40.0 Å². The van der Waals surface area contributed by atoms with Gasteiger partial charge in [0.2, 0.25) is 0 Å². The van der Waals surface area contributed by atoms with Crippen LogP contribution in [0.2, 0.25) is 0 Å². The summed E-state index contributed by atoms with van der Waals surface area (Å²) in [5.41, 5.74) is 2.57. The number of nitrogens with one attached hydrogen (secondary N) is 1. The molecule has 0 amide bonds. The minimum atomic E-state index is 0.477. The zero-order valence-corrected chi connectivity index (χ0v) is 14.2. The Kier molecular flexibility index (Phi) is 6.04. The van der Waals surface area contributed by atoms with Crippen LogP contribution in [-0.4, -0.2) is 24.6 Å². The number of nitrogens with zero attached hydrogens (tertiary/aromatic N) is 2. The molecule has 118 valence electrons. The molecule has 3 nitrogen and oxygen atoms in total. The highest BCUT2D eigenvalue weighted by Crippen LogP contribution is 2.27. The van der Waals surface area contributed by atoms with Crippen LogP contribution >= 0.6 is 0 Å². The molecule has 0 radical (unpaired) electrons. The van der Waals surface area contributed by atoms with Crippen LogP contribution in [0.1, 0.15) is 70.1 Å². The van der Waals surface area contributed by atoms with Crippen molar-refractivity contribution in [3.8, 4) is 0 Å². The molecule has 21 heavy (non-hydrogen) atoms.